The molecule has 3 rings (SSSR count). The van der Waals surface area contributed by atoms with E-state index in [1.165, 1.54) is 30.4 Å². The molecule has 1 aromatic carbocycles. The van der Waals surface area contributed by atoms with Crippen LogP contribution in [0.25, 0.3) is 0 Å². The molecular formula is C17H21NO2. The van der Waals surface area contributed by atoms with Gasteiger partial charge in [0.1, 0.15) is 23.9 Å². The number of benzene rings is 1. The predicted octanol–water partition coefficient (Wildman–Crippen LogP) is 3.38. The summed E-state index contributed by atoms with van der Waals surface area (Å²) in [5, 5.41) is 3.09. The minimum Gasteiger partial charge on any atom is -0.489 e. The Morgan fingerprint density at radius 2 is 2.05 bits per heavy atom. The van der Waals surface area contributed by atoms with Crippen molar-refractivity contribution in [3.63, 3.8) is 0 Å². The van der Waals surface area contributed by atoms with Crippen LogP contribution in [0.2, 0.25) is 0 Å². The Labute approximate surface area is 119 Å². The van der Waals surface area contributed by atoms with Crippen molar-refractivity contribution in [2.24, 2.45) is 0 Å². The summed E-state index contributed by atoms with van der Waals surface area (Å²) in [6, 6.07) is 8.53. The lowest BCUT2D eigenvalue weighted by Crippen LogP contribution is -2.03. The van der Waals surface area contributed by atoms with E-state index in [2.05, 4.69) is 29.6 Å². The van der Waals surface area contributed by atoms with Crippen LogP contribution in [-0.2, 0) is 26.0 Å². The molecule has 20 heavy (non-hydrogen) atoms. The maximum Gasteiger partial charge on any atom is 0.120 e. The second-order valence-electron chi connectivity index (χ2n) is 5.40. The number of hydrogen-bond acceptors (Lipinski definition) is 3. The van der Waals surface area contributed by atoms with Gasteiger partial charge in [0.05, 0.1) is 6.54 Å². The van der Waals surface area contributed by atoms with Gasteiger partial charge in [-0.2, -0.15) is 0 Å². The topological polar surface area (TPSA) is 34.4 Å². The summed E-state index contributed by atoms with van der Waals surface area (Å²) >= 11 is 0. The highest BCUT2D eigenvalue weighted by molar-refractivity contribution is 5.38. The summed E-state index contributed by atoms with van der Waals surface area (Å²) in [5.41, 5.74) is 4.05. The molecule has 2 aromatic rings. The molecule has 0 atom stereocenters. The Morgan fingerprint density at radius 3 is 2.90 bits per heavy atom. The van der Waals surface area contributed by atoms with Crippen molar-refractivity contribution in [2.75, 3.05) is 7.05 Å². The SMILES string of the molecule is CNCc1cc(COc2ccc3c(c2)CCC3)c(C)o1. The Bertz CT molecular complexity index is 601. The van der Waals surface area contributed by atoms with Crippen molar-refractivity contribution in [1.29, 1.82) is 0 Å². The molecule has 0 amide bonds. The normalized spacial score (nSPS) is 13.5. The summed E-state index contributed by atoms with van der Waals surface area (Å²) in [6.45, 7) is 3.30. The van der Waals surface area contributed by atoms with Crippen LogP contribution in [0.3, 0.4) is 0 Å². The molecule has 0 bridgehead atoms. The van der Waals surface area contributed by atoms with E-state index in [1.54, 1.807) is 0 Å². The van der Waals surface area contributed by atoms with E-state index in [4.69, 9.17) is 9.15 Å². The van der Waals surface area contributed by atoms with Gasteiger partial charge in [0.25, 0.3) is 0 Å². The van der Waals surface area contributed by atoms with E-state index in [0.29, 0.717) is 6.61 Å². The molecule has 1 aliphatic rings. The Hall–Kier alpha value is -1.74. The lowest BCUT2D eigenvalue weighted by Gasteiger charge is -2.07. The van der Waals surface area contributed by atoms with Gasteiger partial charge in [-0.1, -0.05) is 6.07 Å². The lowest BCUT2D eigenvalue weighted by molar-refractivity contribution is 0.302. The average Bonchev–Trinajstić information content (AvgIpc) is 3.03. The molecule has 0 saturated heterocycles. The van der Waals surface area contributed by atoms with Crippen molar-refractivity contribution < 1.29 is 9.15 Å². The highest BCUT2D eigenvalue weighted by Crippen LogP contribution is 2.27. The van der Waals surface area contributed by atoms with Gasteiger partial charge in [0, 0.05) is 5.56 Å². The lowest BCUT2D eigenvalue weighted by atomic mass is 10.1. The number of ether oxygens (including phenoxy) is 1. The summed E-state index contributed by atoms with van der Waals surface area (Å²) in [7, 11) is 1.92. The van der Waals surface area contributed by atoms with Crippen LogP contribution in [0.1, 0.15) is 34.6 Å². The van der Waals surface area contributed by atoms with Crippen LogP contribution in [0.5, 0.6) is 5.75 Å². The molecule has 1 aliphatic carbocycles. The number of nitrogens with one attached hydrogen (secondary N) is 1. The molecule has 3 nitrogen and oxygen atoms in total. The maximum atomic E-state index is 5.91. The number of rotatable bonds is 5. The van der Waals surface area contributed by atoms with E-state index < -0.39 is 0 Å². The first-order valence-electron chi connectivity index (χ1n) is 7.23. The van der Waals surface area contributed by atoms with Crippen LogP contribution in [0.4, 0.5) is 0 Å². The van der Waals surface area contributed by atoms with E-state index in [0.717, 1.165) is 29.4 Å². The first kappa shape index (κ1) is 13.3. The second-order valence-corrected chi connectivity index (χ2v) is 5.40. The van der Waals surface area contributed by atoms with Crippen LogP contribution in [0.15, 0.2) is 28.7 Å². The predicted molar refractivity (Wildman–Crippen MR) is 79.0 cm³/mol. The second kappa shape index (κ2) is 5.71. The quantitative estimate of drug-likeness (QED) is 0.905. The monoisotopic (exact) mass is 271 g/mol. The molecule has 0 fully saturated rings. The molecule has 1 aromatic heterocycles. The van der Waals surface area contributed by atoms with Gasteiger partial charge in [0.2, 0.25) is 0 Å². The van der Waals surface area contributed by atoms with E-state index in [-0.39, 0.29) is 0 Å². The van der Waals surface area contributed by atoms with Crippen molar-refractivity contribution >= 4 is 0 Å². The Morgan fingerprint density at radius 1 is 1.20 bits per heavy atom. The van der Waals surface area contributed by atoms with Crippen molar-refractivity contribution in [2.45, 2.75) is 39.3 Å². The molecule has 1 N–H and O–H groups in total. The Balaban J connectivity index is 1.67. The van der Waals surface area contributed by atoms with E-state index in [9.17, 15) is 0 Å². The third kappa shape index (κ3) is 2.73. The third-order valence-corrected chi connectivity index (χ3v) is 3.89. The van der Waals surface area contributed by atoms with Crippen LogP contribution in [0, 0.1) is 6.92 Å². The molecule has 0 spiro atoms. The first-order chi connectivity index (χ1) is 9.76. The first-order valence-corrected chi connectivity index (χ1v) is 7.23. The maximum absolute atomic E-state index is 5.91. The average molecular weight is 271 g/mol. The van der Waals surface area contributed by atoms with E-state index >= 15 is 0 Å². The molecule has 0 saturated carbocycles. The largest absolute Gasteiger partial charge is 0.489 e. The van der Waals surface area contributed by atoms with Gasteiger partial charge < -0.3 is 14.5 Å². The third-order valence-electron chi connectivity index (χ3n) is 3.89. The van der Waals surface area contributed by atoms with Gasteiger partial charge in [-0.05, 0) is 62.6 Å². The van der Waals surface area contributed by atoms with Crippen LogP contribution in [-0.4, -0.2) is 7.05 Å². The molecule has 1 heterocycles. The van der Waals surface area contributed by atoms with Gasteiger partial charge in [-0.3, -0.25) is 0 Å². The standard InChI is InChI=1S/C17H21NO2/c1-12-15(9-17(20-12)10-18-2)11-19-16-7-6-13-4-3-5-14(13)8-16/h6-9,18H,3-5,10-11H2,1-2H3. The summed E-state index contributed by atoms with van der Waals surface area (Å²) in [6.07, 6.45) is 3.67. The van der Waals surface area contributed by atoms with Gasteiger partial charge in [-0.15, -0.1) is 0 Å². The van der Waals surface area contributed by atoms with Crippen molar-refractivity contribution in [3.05, 3.63) is 52.5 Å². The fraction of sp³-hybridized carbons (Fsp3) is 0.412. The highest BCUT2D eigenvalue weighted by atomic mass is 16.5. The molecule has 0 aliphatic heterocycles. The van der Waals surface area contributed by atoms with Gasteiger partial charge in [0.15, 0.2) is 0 Å². The summed E-state index contributed by atoms with van der Waals surface area (Å²) in [5.74, 6) is 2.86. The summed E-state index contributed by atoms with van der Waals surface area (Å²) in [4.78, 5) is 0. The van der Waals surface area contributed by atoms with E-state index in [1.807, 2.05) is 14.0 Å². The van der Waals surface area contributed by atoms with Crippen LogP contribution >= 0.6 is 0 Å². The number of hydrogen-bond donors (Lipinski definition) is 1. The zero-order chi connectivity index (χ0) is 13.9. The minimum atomic E-state index is 0.567. The number of fused-ring (bicyclic) bond motifs is 1. The Kier molecular flexibility index (Phi) is 3.79. The molecule has 0 radical (unpaired) electrons. The van der Waals surface area contributed by atoms with Crippen LogP contribution < -0.4 is 10.1 Å². The zero-order valence-electron chi connectivity index (χ0n) is 12.2. The van der Waals surface area contributed by atoms with Crippen molar-refractivity contribution in [1.82, 2.24) is 5.32 Å². The summed E-state index contributed by atoms with van der Waals surface area (Å²) < 4.78 is 11.6. The minimum absolute atomic E-state index is 0.567. The van der Waals surface area contributed by atoms with Crippen molar-refractivity contribution in [3.8, 4) is 5.75 Å². The molecule has 3 heteroatoms. The fourth-order valence-electron chi connectivity index (χ4n) is 2.79. The number of furan rings is 1. The van der Waals surface area contributed by atoms with Gasteiger partial charge in [-0.25, -0.2) is 0 Å². The molecule has 106 valence electrons. The highest BCUT2D eigenvalue weighted by Gasteiger charge is 2.12. The smallest absolute Gasteiger partial charge is 0.120 e. The molecule has 0 unspecified atom stereocenters. The molecular weight excluding hydrogens is 250 g/mol. The number of aryl methyl sites for hydroxylation is 3. The fourth-order valence-corrected chi connectivity index (χ4v) is 2.79. The van der Waals surface area contributed by atoms with Gasteiger partial charge >= 0.3 is 0 Å². The zero-order valence-corrected chi connectivity index (χ0v) is 12.2.